The highest BCUT2D eigenvalue weighted by Gasteiger charge is 2.34. The number of rotatable bonds is 4. The second-order valence-corrected chi connectivity index (χ2v) is 6.18. The molecular formula is C14H19NO3S. The minimum absolute atomic E-state index is 0.0345. The van der Waals surface area contributed by atoms with Crippen molar-refractivity contribution in [2.45, 2.75) is 38.6 Å². The molecule has 0 bridgehead atoms. The maximum Gasteiger partial charge on any atom is 0.326 e. The van der Waals surface area contributed by atoms with Crippen LogP contribution in [0, 0.1) is 5.92 Å². The third-order valence-electron chi connectivity index (χ3n) is 3.64. The zero-order valence-electron chi connectivity index (χ0n) is 11.0. The fraction of sp³-hybridized carbons (Fsp3) is 0.571. The van der Waals surface area contributed by atoms with Crippen LogP contribution in [0.3, 0.4) is 0 Å². The van der Waals surface area contributed by atoms with Gasteiger partial charge in [0, 0.05) is 17.8 Å². The lowest BCUT2D eigenvalue weighted by Crippen LogP contribution is -2.49. The van der Waals surface area contributed by atoms with E-state index in [-0.39, 0.29) is 5.91 Å². The number of piperidine rings is 1. The van der Waals surface area contributed by atoms with Crippen LogP contribution in [0.4, 0.5) is 0 Å². The Morgan fingerprint density at radius 1 is 1.53 bits per heavy atom. The van der Waals surface area contributed by atoms with Gasteiger partial charge >= 0.3 is 5.97 Å². The molecule has 0 saturated carbocycles. The van der Waals surface area contributed by atoms with Gasteiger partial charge in [0.05, 0.1) is 0 Å². The Morgan fingerprint density at radius 3 is 2.95 bits per heavy atom. The van der Waals surface area contributed by atoms with E-state index in [0.717, 1.165) is 6.42 Å². The van der Waals surface area contributed by atoms with Crippen LogP contribution in [0.5, 0.6) is 0 Å². The molecule has 1 amide bonds. The lowest BCUT2D eigenvalue weighted by molar-refractivity contribution is -0.153. The monoisotopic (exact) mass is 281 g/mol. The van der Waals surface area contributed by atoms with Crippen LogP contribution < -0.4 is 0 Å². The molecule has 0 spiro atoms. The second kappa shape index (κ2) is 6.19. The molecule has 1 fully saturated rings. The molecule has 2 atom stereocenters. The second-order valence-electron chi connectivity index (χ2n) is 5.15. The molecule has 0 aromatic carbocycles. The molecule has 2 rings (SSSR count). The number of aryl methyl sites for hydroxylation is 1. The average molecular weight is 281 g/mol. The molecule has 2 unspecified atom stereocenters. The number of amides is 1. The topological polar surface area (TPSA) is 57.6 Å². The van der Waals surface area contributed by atoms with Crippen LogP contribution in [0.25, 0.3) is 0 Å². The van der Waals surface area contributed by atoms with E-state index in [1.807, 2.05) is 24.4 Å². The molecule has 5 heteroatoms. The van der Waals surface area contributed by atoms with Gasteiger partial charge in [-0.2, -0.15) is 0 Å². The summed E-state index contributed by atoms with van der Waals surface area (Å²) < 4.78 is 0. The maximum atomic E-state index is 12.2. The Morgan fingerprint density at radius 2 is 2.32 bits per heavy atom. The Balaban J connectivity index is 1.94. The molecule has 0 radical (unpaired) electrons. The van der Waals surface area contributed by atoms with Crippen molar-refractivity contribution in [3.05, 3.63) is 22.4 Å². The highest BCUT2D eigenvalue weighted by Crippen LogP contribution is 2.24. The van der Waals surface area contributed by atoms with E-state index in [4.69, 9.17) is 0 Å². The van der Waals surface area contributed by atoms with Gasteiger partial charge in [-0.15, -0.1) is 11.3 Å². The average Bonchev–Trinajstić information content (AvgIpc) is 2.88. The summed E-state index contributed by atoms with van der Waals surface area (Å²) in [6, 6.07) is 3.33. The third kappa shape index (κ3) is 3.56. The molecule has 1 aromatic heterocycles. The summed E-state index contributed by atoms with van der Waals surface area (Å²) in [5.74, 6) is -0.536. The van der Waals surface area contributed by atoms with Crippen molar-refractivity contribution in [2.75, 3.05) is 6.54 Å². The van der Waals surface area contributed by atoms with E-state index in [1.165, 1.54) is 4.88 Å². The molecule has 0 aliphatic carbocycles. The van der Waals surface area contributed by atoms with Crippen LogP contribution in [0.15, 0.2) is 17.5 Å². The lowest BCUT2D eigenvalue weighted by atomic mass is 9.92. The number of hydrogen-bond acceptors (Lipinski definition) is 3. The molecule has 2 heterocycles. The summed E-state index contributed by atoms with van der Waals surface area (Å²) in [5.41, 5.74) is 0. The standard InChI is InChI=1S/C14H19NO3S/c1-10-6-7-15(12(9-10)14(17)18)13(16)5-4-11-3-2-8-19-11/h2-3,8,10,12H,4-7,9H2,1H3,(H,17,18). The number of carbonyl (C=O) groups excluding carboxylic acids is 1. The molecule has 104 valence electrons. The summed E-state index contributed by atoms with van der Waals surface area (Å²) in [4.78, 5) is 26.2. The molecule has 1 saturated heterocycles. The van der Waals surface area contributed by atoms with Crippen molar-refractivity contribution >= 4 is 23.2 Å². The van der Waals surface area contributed by atoms with Crippen molar-refractivity contribution in [2.24, 2.45) is 5.92 Å². The van der Waals surface area contributed by atoms with E-state index in [1.54, 1.807) is 16.2 Å². The van der Waals surface area contributed by atoms with Crippen molar-refractivity contribution in [3.8, 4) is 0 Å². The number of carboxylic acids is 1. The first kappa shape index (κ1) is 14.1. The predicted octanol–water partition coefficient (Wildman–Crippen LogP) is 2.39. The van der Waals surface area contributed by atoms with Crippen molar-refractivity contribution < 1.29 is 14.7 Å². The summed E-state index contributed by atoms with van der Waals surface area (Å²) in [5, 5.41) is 11.2. The fourth-order valence-corrected chi connectivity index (χ4v) is 3.21. The van der Waals surface area contributed by atoms with Crippen LogP contribution in [0.1, 0.15) is 31.1 Å². The van der Waals surface area contributed by atoms with E-state index in [9.17, 15) is 14.7 Å². The smallest absolute Gasteiger partial charge is 0.326 e. The Hall–Kier alpha value is -1.36. The van der Waals surface area contributed by atoms with E-state index in [0.29, 0.717) is 31.7 Å². The van der Waals surface area contributed by atoms with Gasteiger partial charge < -0.3 is 10.0 Å². The Bertz CT molecular complexity index is 444. The lowest BCUT2D eigenvalue weighted by Gasteiger charge is -2.36. The number of thiophene rings is 1. The van der Waals surface area contributed by atoms with Gasteiger partial charge in [0.25, 0.3) is 0 Å². The minimum Gasteiger partial charge on any atom is -0.480 e. The zero-order valence-corrected chi connectivity index (χ0v) is 11.9. The van der Waals surface area contributed by atoms with Crippen molar-refractivity contribution in [1.29, 1.82) is 0 Å². The van der Waals surface area contributed by atoms with Gasteiger partial charge in [-0.05, 0) is 36.6 Å². The molecule has 19 heavy (non-hydrogen) atoms. The van der Waals surface area contributed by atoms with Crippen LogP contribution in [0.2, 0.25) is 0 Å². The van der Waals surface area contributed by atoms with Gasteiger partial charge in [-0.1, -0.05) is 13.0 Å². The van der Waals surface area contributed by atoms with E-state index in [2.05, 4.69) is 0 Å². The van der Waals surface area contributed by atoms with Gasteiger partial charge in [0.2, 0.25) is 5.91 Å². The zero-order chi connectivity index (χ0) is 13.8. The Kier molecular flexibility index (Phi) is 4.58. The number of likely N-dealkylation sites (tertiary alicyclic amines) is 1. The highest BCUT2D eigenvalue weighted by atomic mass is 32.1. The SMILES string of the molecule is CC1CCN(C(=O)CCc2cccs2)C(C(=O)O)C1. The first-order chi connectivity index (χ1) is 9.08. The van der Waals surface area contributed by atoms with Crippen molar-refractivity contribution in [1.82, 2.24) is 4.90 Å². The number of aliphatic carboxylic acids is 1. The summed E-state index contributed by atoms with van der Waals surface area (Å²) in [7, 11) is 0. The quantitative estimate of drug-likeness (QED) is 0.922. The first-order valence-electron chi connectivity index (χ1n) is 6.62. The molecule has 1 N–H and O–H groups in total. The predicted molar refractivity (Wildman–Crippen MR) is 74.2 cm³/mol. The number of hydrogen-bond donors (Lipinski definition) is 1. The van der Waals surface area contributed by atoms with Gasteiger partial charge in [0.1, 0.15) is 6.04 Å². The summed E-state index contributed by atoms with van der Waals surface area (Å²) in [6.45, 7) is 2.62. The van der Waals surface area contributed by atoms with E-state index >= 15 is 0 Å². The minimum atomic E-state index is -0.879. The first-order valence-corrected chi connectivity index (χ1v) is 7.50. The number of nitrogens with zero attached hydrogens (tertiary/aromatic N) is 1. The van der Waals surface area contributed by atoms with Crippen LogP contribution in [-0.2, 0) is 16.0 Å². The molecule has 4 nitrogen and oxygen atoms in total. The molecule has 1 aromatic rings. The van der Waals surface area contributed by atoms with Crippen LogP contribution in [-0.4, -0.2) is 34.5 Å². The highest BCUT2D eigenvalue weighted by molar-refractivity contribution is 7.09. The molecule has 1 aliphatic heterocycles. The maximum absolute atomic E-state index is 12.2. The normalized spacial score (nSPS) is 23.3. The summed E-state index contributed by atoms with van der Waals surface area (Å²) in [6.07, 6.45) is 2.57. The fourth-order valence-electron chi connectivity index (χ4n) is 2.50. The third-order valence-corrected chi connectivity index (χ3v) is 4.57. The number of carbonyl (C=O) groups is 2. The van der Waals surface area contributed by atoms with Gasteiger partial charge in [-0.25, -0.2) is 4.79 Å². The van der Waals surface area contributed by atoms with E-state index < -0.39 is 12.0 Å². The number of carboxylic acid groups (broad SMARTS) is 1. The molecule has 1 aliphatic rings. The summed E-state index contributed by atoms with van der Waals surface area (Å²) >= 11 is 1.63. The van der Waals surface area contributed by atoms with Gasteiger partial charge in [0.15, 0.2) is 0 Å². The molecular weight excluding hydrogens is 262 g/mol. The van der Waals surface area contributed by atoms with Crippen LogP contribution >= 0.6 is 11.3 Å². The Labute approximate surface area is 117 Å². The largest absolute Gasteiger partial charge is 0.480 e. The van der Waals surface area contributed by atoms with Gasteiger partial charge in [-0.3, -0.25) is 4.79 Å². The van der Waals surface area contributed by atoms with Crippen molar-refractivity contribution in [3.63, 3.8) is 0 Å².